The Morgan fingerprint density at radius 3 is 2.71 bits per heavy atom. The summed E-state index contributed by atoms with van der Waals surface area (Å²) in [6.07, 6.45) is 0. The van der Waals surface area contributed by atoms with Crippen molar-refractivity contribution in [3.8, 4) is 0 Å². The molecule has 1 heterocycles. The molecule has 0 saturated carbocycles. The average Bonchev–Trinajstić information content (AvgIpc) is 2.64. The normalized spacial score (nSPS) is 12.1. The number of carboxylic acids is 1. The molecule has 0 radical (unpaired) electrons. The van der Waals surface area contributed by atoms with Crippen molar-refractivity contribution in [3.63, 3.8) is 0 Å². The number of ether oxygens (including phenoxy) is 1. The van der Waals surface area contributed by atoms with Gasteiger partial charge in [-0.25, -0.2) is 4.79 Å². The molecule has 0 saturated heterocycles. The monoisotopic (exact) mass is 199 g/mol. The maximum atomic E-state index is 10.9. The molecule has 76 valence electrons. The fourth-order valence-electron chi connectivity index (χ4n) is 0.852. The van der Waals surface area contributed by atoms with Crippen LogP contribution in [0.2, 0.25) is 0 Å². The molecule has 1 aromatic rings. The van der Waals surface area contributed by atoms with Gasteiger partial charge in [0, 0.05) is 0 Å². The average molecular weight is 199 g/mol. The zero-order valence-electron chi connectivity index (χ0n) is 7.39. The Morgan fingerprint density at radius 1 is 1.57 bits per heavy atom. The summed E-state index contributed by atoms with van der Waals surface area (Å²) in [5, 5.41) is 8.54. The number of carbonyl (C=O) groups is 2. The Labute approximate surface area is 79.3 Å². The third-order valence-electron chi connectivity index (χ3n) is 1.59. The summed E-state index contributed by atoms with van der Waals surface area (Å²) in [5.74, 6) is -1.96. The van der Waals surface area contributed by atoms with E-state index in [0.29, 0.717) is 0 Å². The standard InChI is InChI=1S/C8H9NO5/c1-13-8(12)5-3-2-4(14-5)6(9)7(10)11/h2-3,6H,9H2,1H3,(H,10,11). The van der Waals surface area contributed by atoms with Crippen molar-refractivity contribution in [3.05, 3.63) is 23.7 Å². The van der Waals surface area contributed by atoms with Gasteiger partial charge in [0.15, 0.2) is 6.04 Å². The quantitative estimate of drug-likeness (QED) is 0.671. The SMILES string of the molecule is COC(=O)c1ccc(C(N)C(=O)O)o1. The molecule has 0 aromatic carbocycles. The number of furan rings is 1. The maximum Gasteiger partial charge on any atom is 0.373 e. The van der Waals surface area contributed by atoms with Crippen LogP contribution in [0.3, 0.4) is 0 Å². The summed E-state index contributed by atoms with van der Waals surface area (Å²) < 4.78 is 9.25. The van der Waals surface area contributed by atoms with Gasteiger partial charge in [-0.15, -0.1) is 0 Å². The lowest BCUT2D eigenvalue weighted by atomic mass is 10.2. The molecule has 1 aromatic heterocycles. The second kappa shape index (κ2) is 3.93. The van der Waals surface area contributed by atoms with Crippen LogP contribution >= 0.6 is 0 Å². The zero-order valence-corrected chi connectivity index (χ0v) is 7.39. The maximum absolute atomic E-state index is 10.9. The Bertz CT molecular complexity index is 356. The van der Waals surface area contributed by atoms with E-state index in [9.17, 15) is 9.59 Å². The highest BCUT2D eigenvalue weighted by Crippen LogP contribution is 2.15. The summed E-state index contributed by atoms with van der Waals surface area (Å²) in [7, 11) is 1.20. The van der Waals surface area contributed by atoms with Crippen LogP contribution in [-0.4, -0.2) is 24.2 Å². The van der Waals surface area contributed by atoms with E-state index in [-0.39, 0.29) is 11.5 Å². The van der Waals surface area contributed by atoms with Crippen LogP contribution in [0, 0.1) is 0 Å². The van der Waals surface area contributed by atoms with Crippen LogP contribution < -0.4 is 5.73 Å². The van der Waals surface area contributed by atoms with Crippen LogP contribution in [-0.2, 0) is 9.53 Å². The highest BCUT2D eigenvalue weighted by molar-refractivity contribution is 5.86. The van der Waals surface area contributed by atoms with E-state index in [2.05, 4.69) is 4.74 Å². The summed E-state index contributed by atoms with van der Waals surface area (Å²) in [4.78, 5) is 21.4. The summed E-state index contributed by atoms with van der Waals surface area (Å²) in [5.41, 5.74) is 5.25. The van der Waals surface area contributed by atoms with Crippen LogP contribution in [0.15, 0.2) is 16.5 Å². The molecule has 3 N–H and O–H groups in total. The number of nitrogens with two attached hydrogens (primary N) is 1. The van der Waals surface area contributed by atoms with E-state index in [1.54, 1.807) is 0 Å². The molecule has 0 spiro atoms. The number of carbonyl (C=O) groups excluding carboxylic acids is 1. The lowest BCUT2D eigenvalue weighted by molar-refractivity contribution is -0.139. The molecule has 6 nitrogen and oxygen atoms in total. The first-order valence-corrected chi connectivity index (χ1v) is 3.72. The Morgan fingerprint density at radius 2 is 2.21 bits per heavy atom. The van der Waals surface area contributed by atoms with Gasteiger partial charge in [0.25, 0.3) is 0 Å². The number of methoxy groups -OCH3 is 1. The highest BCUT2D eigenvalue weighted by Gasteiger charge is 2.20. The topological polar surface area (TPSA) is 103 Å². The van der Waals surface area contributed by atoms with Gasteiger partial charge in [-0.05, 0) is 12.1 Å². The fraction of sp³-hybridized carbons (Fsp3) is 0.250. The second-order valence-electron chi connectivity index (χ2n) is 2.51. The molecular formula is C8H9NO5. The molecule has 0 aliphatic heterocycles. The number of esters is 1. The number of carboxylic acid groups (broad SMARTS) is 1. The van der Waals surface area contributed by atoms with Crippen LogP contribution in [0.4, 0.5) is 0 Å². The van der Waals surface area contributed by atoms with Gasteiger partial charge in [-0.2, -0.15) is 0 Å². The van der Waals surface area contributed by atoms with E-state index in [1.165, 1.54) is 19.2 Å². The predicted molar refractivity (Wildman–Crippen MR) is 44.6 cm³/mol. The van der Waals surface area contributed by atoms with Crippen LogP contribution in [0.25, 0.3) is 0 Å². The molecular weight excluding hydrogens is 190 g/mol. The third kappa shape index (κ3) is 1.91. The van der Waals surface area contributed by atoms with Gasteiger partial charge in [0.05, 0.1) is 7.11 Å². The van der Waals surface area contributed by atoms with Gasteiger partial charge >= 0.3 is 11.9 Å². The minimum atomic E-state index is -1.27. The predicted octanol–water partition coefficient (Wildman–Crippen LogP) is 0.151. The van der Waals surface area contributed by atoms with Crippen molar-refractivity contribution in [2.45, 2.75) is 6.04 Å². The largest absolute Gasteiger partial charge is 0.480 e. The van der Waals surface area contributed by atoms with Crippen molar-refractivity contribution >= 4 is 11.9 Å². The summed E-state index contributed by atoms with van der Waals surface area (Å²) in [6.45, 7) is 0. The molecule has 6 heteroatoms. The Balaban J connectivity index is 2.88. The van der Waals surface area contributed by atoms with Crippen molar-refractivity contribution in [1.29, 1.82) is 0 Å². The molecule has 1 rings (SSSR count). The first-order valence-electron chi connectivity index (χ1n) is 3.72. The van der Waals surface area contributed by atoms with E-state index in [1.807, 2.05) is 0 Å². The molecule has 1 unspecified atom stereocenters. The van der Waals surface area contributed by atoms with Gasteiger partial charge in [-0.1, -0.05) is 0 Å². The molecule has 0 aliphatic carbocycles. The van der Waals surface area contributed by atoms with Crippen molar-refractivity contribution in [2.75, 3.05) is 7.11 Å². The lowest BCUT2D eigenvalue weighted by Gasteiger charge is -2.00. The summed E-state index contributed by atoms with van der Waals surface area (Å²) in [6, 6.07) is 1.36. The van der Waals surface area contributed by atoms with E-state index < -0.39 is 18.0 Å². The van der Waals surface area contributed by atoms with Gasteiger partial charge in [0.1, 0.15) is 5.76 Å². The minimum absolute atomic E-state index is 0.0119. The molecule has 0 bridgehead atoms. The molecule has 14 heavy (non-hydrogen) atoms. The van der Waals surface area contributed by atoms with Crippen molar-refractivity contribution < 1.29 is 23.8 Å². The number of hydrogen-bond acceptors (Lipinski definition) is 5. The second-order valence-corrected chi connectivity index (χ2v) is 2.51. The van der Waals surface area contributed by atoms with E-state index in [4.69, 9.17) is 15.3 Å². The Kier molecular flexibility index (Phi) is 2.88. The zero-order chi connectivity index (χ0) is 10.7. The summed E-state index contributed by atoms with van der Waals surface area (Å²) >= 11 is 0. The third-order valence-corrected chi connectivity index (χ3v) is 1.59. The van der Waals surface area contributed by atoms with E-state index in [0.717, 1.165) is 0 Å². The lowest BCUT2D eigenvalue weighted by Crippen LogP contribution is -2.19. The van der Waals surface area contributed by atoms with E-state index >= 15 is 0 Å². The first-order chi connectivity index (χ1) is 6.56. The molecule has 0 amide bonds. The van der Waals surface area contributed by atoms with Gasteiger partial charge in [-0.3, -0.25) is 4.79 Å². The van der Waals surface area contributed by atoms with Crippen LogP contribution in [0.1, 0.15) is 22.4 Å². The van der Waals surface area contributed by atoms with Gasteiger partial charge in [0.2, 0.25) is 5.76 Å². The highest BCUT2D eigenvalue weighted by atomic mass is 16.5. The number of rotatable bonds is 3. The fourth-order valence-corrected chi connectivity index (χ4v) is 0.852. The van der Waals surface area contributed by atoms with Crippen molar-refractivity contribution in [1.82, 2.24) is 0 Å². The number of aliphatic carboxylic acids is 1. The van der Waals surface area contributed by atoms with Gasteiger partial charge < -0.3 is 20.0 Å². The molecule has 1 atom stereocenters. The smallest absolute Gasteiger partial charge is 0.373 e. The van der Waals surface area contributed by atoms with Crippen molar-refractivity contribution in [2.24, 2.45) is 5.73 Å². The minimum Gasteiger partial charge on any atom is -0.480 e. The first kappa shape index (κ1) is 10.3. The molecule has 0 aliphatic rings. The molecule has 0 fully saturated rings. The Hall–Kier alpha value is -1.82. The number of hydrogen-bond donors (Lipinski definition) is 2. The van der Waals surface area contributed by atoms with Crippen LogP contribution in [0.5, 0.6) is 0 Å².